The number of aliphatic hydroxyl groups excluding tert-OH is 1. The first-order valence-corrected chi connectivity index (χ1v) is 7.43. The van der Waals surface area contributed by atoms with Crippen LogP contribution in [0.15, 0.2) is 48.5 Å². The number of hydrogen-bond acceptors (Lipinski definition) is 1. The SMILES string of the molecule is Cc1ccc(CC(O)CCCc2ccccc2)cc1C. The molecular weight excluding hydrogens is 244 g/mol. The molecule has 2 rings (SSSR count). The monoisotopic (exact) mass is 268 g/mol. The Bertz CT molecular complexity index is 531. The van der Waals surface area contributed by atoms with E-state index in [1.807, 2.05) is 6.07 Å². The standard InChI is InChI=1S/C19H24O/c1-15-11-12-18(13-16(15)2)14-19(20)10-6-9-17-7-4-3-5-8-17/h3-5,7-8,11-13,19-20H,6,9-10,14H2,1-2H3. The minimum absolute atomic E-state index is 0.235. The van der Waals surface area contributed by atoms with Gasteiger partial charge in [-0.15, -0.1) is 0 Å². The van der Waals surface area contributed by atoms with Crippen LogP contribution in [0.4, 0.5) is 0 Å². The lowest BCUT2D eigenvalue weighted by Gasteiger charge is -2.12. The summed E-state index contributed by atoms with van der Waals surface area (Å²) >= 11 is 0. The van der Waals surface area contributed by atoms with Crippen molar-refractivity contribution in [1.82, 2.24) is 0 Å². The number of hydrogen-bond donors (Lipinski definition) is 1. The second-order valence-electron chi connectivity index (χ2n) is 5.65. The molecule has 0 fully saturated rings. The van der Waals surface area contributed by atoms with Gasteiger partial charge in [-0.3, -0.25) is 0 Å². The Morgan fingerprint density at radius 2 is 1.65 bits per heavy atom. The normalized spacial score (nSPS) is 12.3. The Morgan fingerprint density at radius 3 is 2.35 bits per heavy atom. The van der Waals surface area contributed by atoms with E-state index in [4.69, 9.17) is 0 Å². The Hall–Kier alpha value is -1.60. The van der Waals surface area contributed by atoms with Gasteiger partial charge in [0.2, 0.25) is 0 Å². The van der Waals surface area contributed by atoms with E-state index < -0.39 is 0 Å². The van der Waals surface area contributed by atoms with E-state index in [9.17, 15) is 5.11 Å². The van der Waals surface area contributed by atoms with Crippen molar-refractivity contribution in [2.45, 2.75) is 45.6 Å². The van der Waals surface area contributed by atoms with Gasteiger partial charge in [0, 0.05) is 0 Å². The van der Waals surface area contributed by atoms with Crippen LogP contribution in [-0.2, 0) is 12.8 Å². The Kier molecular flexibility index (Phi) is 5.37. The highest BCUT2D eigenvalue weighted by molar-refractivity contribution is 5.30. The quantitative estimate of drug-likeness (QED) is 0.831. The van der Waals surface area contributed by atoms with E-state index in [1.165, 1.54) is 22.3 Å². The number of rotatable bonds is 6. The molecule has 106 valence electrons. The molecule has 0 amide bonds. The third kappa shape index (κ3) is 4.50. The first-order chi connectivity index (χ1) is 9.65. The number of benzene rings is 2. The maximum Gasteiger partial charge on any atom is 0.0580 e. The fraction of sp³-hybridized carbons (Fsp3) is 0.368. The van der Waals surface area contributed by atoms with Crippen LogP contribution in [0.3, 0.4) is 0 Å². The molecular formula is C19H24O. The van der Waals surface area contributed by atoms with Crippen LogP contribution < -0.4 is 0 Å². The molecule has 0 aromatic heterocycles. The first kappa shape index (κ1) is 14.8. The molecule has 0 aliphatic carbocycles. The summed E-state index contributed by atoms with van der Waals surface area (Å²) in [4.78, 5) is 0. The average molecular weight is 268 g/mol. The first-order valence-electron chi connectivity index (χ1n) is 7.43. The lowest BCUT2D eigenvalue weighted by atomic mass is 9.99. The molecule has 1 nitrogen and oxygen atoms in total. The van der Waals surface area contributed by atoms with Crippen molar-refractivity contribution >= 4 is 0 Å². The van der Waals surface area contributed by atoms with Gasteiger partial charge in [-0.25, -0.2) is 0 Å². The fourth-order valence-corrected chi connectivity index (χ4v) is 2.49. The van der Waals surface area contributed by atoms with Gasteiger partial charge in [-0.2, -0.15) is 0 Å². The third-order valence-corrected chi connectivity index (χ3v) is 3.89. The minimum atomic E-state index is -0.235. The second kappa shape index (κ2) is 7.25. The highest BCUT2D eigenvalue weighted by atomic mass is 16.3. The van der Waals surface area contributed by atoms with Crippen molar-refractivity contribution in [2.24, 2.45) is 0 Å². The zero-order chi connectivity index (χ0) is 14.4. The molecule has 0 saturated heterocycles. The van der Waals surface area contributed by atoms with Crippen molar-refractivity contribution in [3.05, 3.63) is 70.8 Å². The summed E-state index contributed by atoms with van der Waals surface area (Å²) in [6.07, 6.45) is 3.47. The molecule has 1 heteroatoms. The zero-order valence-corrected chi connectivity index (χ0v) is 12.5. The maximum atomic E-state index is 10.1. The number of aryl methyl sites for hydroxylation is 3. The average Bonchev–Trinajstić information content (AvgIpc) is 2.44. The Balaban J connectivity index is 1.77. The van der Waals surface area contributed by atoms with E-state index in [0.29, 0.717) is 0 Å². The van der Waals surface area contributed by atoms with Crippen LogP contribution in [0.5, 0.6) is 0 Å². The highest BCUT2D eigenvalue weighted by Crippen LogP contribution is 2.14. The molecule has 1 N–H and O–H groups in total. The Labute approximate surface area is 122 Å². The van der Waals surface area contributed by atoms with Crippen molar-refractivity contribution in [3.8, 4) is 0 Å². The van der Waals surface area contributed by atoms with Crippen LogP contribution in [0.1, 0.15) is 35.1 Å². The topological polar surface area (TPSA) is 20.2 Å². The molecule has 0 bridgehead atoms. The van der Waals surface area contributed by atoms with E-state index in [1.54, 1.807) is 0 Å². The third-order valence-electron chi connectivity index (χ3n) is 3.89. The van der Waals surface area contributed by atoms with Gasteiger partial charge in [0.05, 0.1) is 6.10 Å². The van der Waals surface area contributed by atoms with Crippen molar-refractivity contribution in [3.63, 3.8) is 0 Å². The molecule has 2 aromatic rings. The molecule has 0 saturated carbocycles. The predicted molar refractivity (Wildman–Crippen MR) is 85.0 cm³/mol. The minimum Gasteiger partial charge on any atom is -0.393 e. The summed E-state index contributed by atoms with van der Waals surface area (Å²) in [6, 6.07) is 16.9. The van der Waals surface area contributed by atoms with Crippen LogP contribution in [0.25, 0.3) is 0 Å². The van der Waals surface area contributed by atoms with Gasteiger partial charge in [0.25, 0.3) is 0 Å². The van der Waals surface area contributed by atoms with E-state index in [0.717, 1.165) is 25.7 Å². The number of aliphatic hydroxyl groups is 1. The Morgan fingerprint density at radius 1 is 0.900 bits per heavy atom. The molecule has 0 aliphatic heterocycles. The smallest absolute Gasteiger partial charge is 0.0580 e. The highest BCUT2D eigenvalue weighted by Gasteiger charge is 2.06. The molecule has 20 heavy (non-hydrogen) atoms. The lowest BCUT2D eigenvalue weighted by molar-refractivity contribution is 0.162. The van der Waals surface area contributed by atoms with Gasteiger partial charge in [-0.05, 0) is 61.8 Å². The fourth-order valence-electron chi connectivity index (χ4n) is 2.49. The van der Waals surface area contributed by atoms with Crippen molar-refractivity contribution in [2.75, 3.05) is 0 Å². The summed E-state index contributed by atoms with van der Waals surface area (Å²) in [5.74, 6) is 0. The lowest BCUT2D eigenvalue weighted by Crippen LogP contribution is -2.11. The van der Waals surface area contributed by atoms with E-state index in [2.05, 4.69) is 56.3 Å². The van der Waals surface area contributed by atoms with Crippen LogP contribution in [0.2, 0.25) is 0 Å². The van der Waals surface area contributed by atoms with Crippen LogP contribution >= 0.6 is 0 Å². The van der Waals surface area contributed by atoms with Gasteiger partial charge in [0.15, 0.2) is 0 Å². The van der Waals surface area contributed by atoms with Crippen LogP contribution in [0, 0.1) is 13.8 Å². The molecule has 0 spiro atoms. The molecule has 2 aromatic carbocycles. The molecule has 0 heterocycles. The summed E-state index contributed by atoms with van der Waals surface area (Å²) in [7, 11) is 0. The van der Waals surface area contributed by atoms with E-state index >= 15 is 0 Å². The molecule has 0 aliphatic rings. The van der Waals surface area contributed by atoms with Crippen molar-refractivity contribution in [1.29, 1.82) is 0 Å². The van der Waals surface area contributed by atoms with E-state index in [-0.39, 0.29) is 6.10 Å². The summed E-state index contributed by atoms with van der Waals surface area (Å²) in [6.45, 7) is 4.25. The van der Waals surface area contributed by atoms with Gasteiger partial charge >= 0.3 is 0 Å². The zero-order valence-electron chi connectivity index (χ0n) is 12.5. The van der Waals surface area contributed by atoms with Crippen LogP contribution in [-0.4, -0.2) is 11.2 Å². The second-order valence-corrected chi connectivity index (χ2v) is 5.65. The largest absolute Gasteiger partial charge is 0.393 e. The van der Waals surface area contributed by atoms with Gasteiger partial charge in [0.1, 0.15) is 0 Å². The summed E-state index contributed by atoms with van der Waals surface area (Å²) in [5, 5.41) is 10.1. The summed E-state index contributed by atoms with van der Waals surface area (Å²) in [5.41, 5.74) is 5.21. The van der Waals surface area contributed by atoms with Gasteiger partial charge in [-0.1, -0.05) is 48.5 Å². The summed E-state index contributed by atoms with van der Waals surface area (Å²) < 4.78 is 0. The predicted octanol–water partition coefficient (Wildman–Crippen LogP) is 4.23. The molecule has 1 unspecified atom stereocenters. The van der Waals surface area contributed by atoms with Gasteiger partial charge < -0.3 is 5.11 Å². The van der Waals surface area contributed by atoms with Crippen molar-refractivity contribution < 1.29 is 5.11 Å². The maximum absolute atomic E-state index is 10.1. The molecule has 0 radical (unpaired) electrons. The molecule has 1 atom stereocenters.